The van der Waals surface area contributed by atoms with Crippen LogP contribution in [-0.4, -0.2) is 53.7 Å². The van der Waals surface area contributed by atoms with Crippen molar-refractivity contribution in [1.29, 1.82) is 0 Å². The van der Waals surface area contributed by atoms with Gasteiger partial charge in [0.05, 0.1) is 0 Å². The van der Waals surface area contributed by atoms with E-state index in [2.05, 4.69) is 36.7 Å². The van der Waals surface area contributed by atoms with Gasteiger partial charge >= 0.3 is 12.1 Å². The quantitative estimate of drug-likeness (QED) is 0.521. The van der Waals surface area contributed by atoms with Crippen molar-refractivity contribution in [3.63, 3.8) is 0 Å². The maximum atomic E-state index is 11.8. The fourth-order valence-corrected chi connectivity index (χ4v) is 1.50. The number of hydrogen-bond acceptors (Lipinski definition) is 5. The first kappa shape index (κ1) is 26.9. The van der Waals surface area contributed by atoms with Crippen LogP contribution in [0.25, 0.3) is 0 Å². The summed E-state index contributed by atoms with van der Waals surface area (Å²) in [5.74, 6) is -1.79. The first-order chi connectivity index (χ1) is 12.2. The number of carbonyl (C=O) groups is 4. The van der Waals surface area contributed by atoms with Crippen molar-refractivity contribution >= 4 is 23.9 Å². The molecule has 4 N–H and O–H groups in total. The molecule has 1 unspecified atom stereocenters. The van der Waals surface area contributed by atoms with Gasteiger partial charge in [0.2, 0.25) is 11.8 Å². The standard InChI is InChI=1S/C14H25N3O6.C4H10/c1-8(2)11(12(21)15-7-10(19)20)17-9(18)6-16-13(22)23-14(3,4)5;1-4(2)3/h8,11H,6-7H2,1-5H3,(H,15,21)(H,16,22)(H,17,18)(H,19,20);4H,1-3H3. The molecular weight excluding hydrogens is 354 g/mol. The van der Waals surface area contributed by atoms with Crippen LogP contribution >= 0.6 is 0 Å². The molecule has 0 saturated heterocycles. The van der Waals surface area contributed by atoms with Crippen LogP contribution in [0.1, 0.15) is 55.4 Å². The SMILES string of the molecule is CC(C)C.CC(C)C(NC(=O)CNC(=O)OC(C)(C)C)C(=O)NCC(=O)O. The lowest BCUT2D eigenvalue weighted by Gasteiger charge is -2.22. The Labute approximate surface area is 161 Å². The number of rotatable bonds is 7. The fraction of sp³-hybridized carbons (Fsp3) is 0.778. The Balaban J connectivity index is 0. The molecular formula is C18H35N3O6. The Hall–Kier alpha value is -2.32. The lowest BCUT2D eigenvalue weighted by molar-refractivity contribution is -0.138. The number of carboxylic acid groups (broad SMARTS) is 1. The molecule has 3 amide bonds. The topological polar surface area (TPSA) is 134 Å². The summed E-state index contributed by atoms with van der Waals surface area (Å²) in [6.45, 7) is 14.1. The Morgan fingerprint density at radius 1 is 0.926 bits per heavy atom. The lowest BCUT2D eigenvalue weighted by atomic mass is 10.0. The van der Waals surface area contributed by atoms with E-state index >= 15 is 0 Å². The largest absolute Gasteiger partial charge is 0.480 e. The molecule has 0 aliphatic heterocycles. The highest BCUT2D eigenvalue weighted by molar-refractivity contribution is 5.90. The Morgan fingerprint density at radius 2 is 1.41 bits per heavy atom. The highest BCUT2D eigenvalue weighted by atomic mass is 16.6. The normalized spacial score (nSPS) is 11.8. The molecule has 0 aromatic heterocycles. The highest BCUT2D eigenvalue weighted by Crippen LogP contribution is 2.06. The van der Waals surface area contributed by atoms with Crippen LogP contribution in [-0.2, 0) is 19.1 Å². The summed E-state index contributed by atoms with van der Waals surface area (Å²) in [4.78, 5) is 45.5. The third-order valence-electron chi connectivity index (χ3n) is 2.47. The predicted molar refractivity (Wildman–Crippen MR) is 102 cm³/mol. The summed E-state index contributed by atoms with van der Waals surface area (Å²) in [7, 11) is 0. The van der Waals surface area contributed by atoms with Crippen molar-refractivity contribution in [2.75, 3.05) is 13.1 Å². The van der Waals surface area contributed by atoms with Gasteiger partial charge in [-0.1, -0.05) is 34.6 Å². The lowest BCUT2D eigenvalue weighted by Crippen LogP contribution is -2.52. The fourth-order valence-electron chi connectivity index (χ4n) is 1.50. The Morgan fingerprint density at radius 3 is 1.78 bits per heavy atom. The molecule has 0 radical (unpaired) electrons. The van der Waals surface area contributed by atoms with Crippen molar-refractivity contribution < 1.29 is 29.0 Å². The molecule has 27 heavy (non-hydrogen) atoms. The van der Waals surface area contributed by atoms with Crippen LogP contribution in [0.15, 0.2) is 0 Å². The van der Waals surface area contributed by atoms with Gasteiger partial charge in [0.15, 0.2) is 0 Å². The zero-order valence-electron chi connectivity index (χ0n) is 17.6. The molecule has 158 valence electrons. The van der Waals surface area contributed by atoms with Crippen LogP contribution < -0.4 is 16.0 Å². The second kappa shape index (κ2) is 12.9. The highest BCUT2D eigenvalue weighted by Gasteiger charge is 2.25. The van der Waals surface area contributed by atoms with Crippen LogP contribution in [0.5, 0.6) is 0 Å². The average molecular weight is 389 g/mol. The number of aliphatic carboxylic acids is 1. The summed E-state index contributed by atoms with van der Waals surface area (Å²) in [6, 6.07) is -0.901. The van der Waals surface area contributed by atoms with Crippen molar-refractivity contribution in [2.24, 2.45) is 11.8 Å². The number of amides is 3. The van der Waals surface area contributed by atoms with Crippen molar-refractivity contribution in [3.05, 3.63) is 0 Å². The molecule has 1 atom stereocenters. The maximum absolute atomic E-state index is 11.8. The first-order valence-electron chi connectivity index (χ1n) is 8.91. The van der Waals surface area contributed by atoms with E-state index in [9.17, 15) is 19.2 Å². The molecule has 0 aliphatic rings. The minimum atomic E-state index is -1.18. The van der Waals surface area contributed by atoms with Gasteiger partial charge in [-0.05, 0) is 32.6 Å². The van der Waals surface area contributed by atoms with Gasteiger partial charge in [-0.3, -0.25) is 14.4 Å². The third kappa shape index (κ3) is 18.3. The van der Waals surface area contributed by atoms with E-state index in [4.69, 9.17) is 9.84 Å². The summed E-state index contributed by atoms with van der Waals surface area (Å²) in [5, 5.41) is 15.5. The van der Waals surface area contributed by atoms with E-state index in [0.717, 1.165) is 5.92 Å². The van der Waals surface area contributed by atoms with Crippen molar-refractivity contribution in [3.8, 4) is 0 Å². The van der Waals surface area contributed by atoms with Gasteiger partial charge in [-0.15, -0.1) is 0 Å². The van der Waals surface area contributed by atoms with Gasteiger partial charge < -0.3 is 25.8 Å². The van der Waals surface area contributed by atoms with Gasteiger partial charge in [-0.25, -0.2) is 4.79 Å². The number of carbonyl (C=O) groups excluding carboxylic acids is 3. The molecule has 0 saturated carbocycles. The molecule has 0 fully saturated rings. The van der Waals surface area contributed by atoms with E-state index in [1.165, 1.54) is 0 Å². The molecule has 0 heterocycles. The van der Waals surface area contributed by atoms with E-state index in [1.807, 2.05) is 0 Å². The number of alkyl carbamates (subject to hydrolysis) is 1. The molecule has 9 nitrogen and oxygen atoms in total. The van der Waals surface area contributed by atoms with Crippen LogP contribution in [0.3, 0.4) is 0 Å². The molecule has 0 rings (SSSR count). The van der Waals surface area contributed by atoms with Crippen LogP contribution in [0.4, 0.5) is 4.79 Å². The third-order valence-corrected chi connectivity index (χ3v) is 2.47. The Bertz CT molecular complexity index is 495. The smallest absolute Gasteiger partial charge is 0.408 e. The average Bonchev–Trinajstić information content (AvgIpc) is 2.45. The minimum absolute atomic E-state index is 0.255. The van der Waals surface area contributed by atoms with Gasteiger partial charge in [-0.2, -0.15) is 0 Å². The summed E-state index contributed by atoms with van der Waals surface area (Å²) in [6.07, 6.45) is -0.746. The van der Waals surface area contributed by atoms with E-state index < -0.39 is 42.1 Å². The monoisotopic (exact) mass is 389 g/mol. The van der Waals surface area contributed by atoms with Crippen molar-refractivity contribution in [1.82, 2.24) is 16.0 Å². The van der Waals surface area contributed by atoms with Crippen LogP contribution in [0.2, 0.25) is 0 Å². The van der Waals surface area contributed by atoms with E-state index in [1.54, 1.807) is 34.6 Å². The van der Waals surface area contributed by atoms with Gasteiger partial charge in [0.25, 0.3) is 0 Å². The van der Waals surface area contributed by atoms with Crippen LogP contribution in [0, 0.1) is 11.8 Å². The molecule has 0 spiro atoms. The predicted octanol–water partition coefficient (Wildman–Crippen LogP) is 1.52. The maximum Gasteiger partial charge on any atom is 0.408 e. The number of nitrogens with one attached hydrogen (secondary N) is 3. The summed E-state index contributed by atoms with van der Waals surface area (Å²) >= 11 is 0. The number of hydrogen-bond donors (Lipinski definition) is 4. The minimum Gasteiger partial charge on any atom is -0.480 e. The zero-order valence-corrected chi connectivity index (χ0v) is 17.6. The molecule has 9 heteroatoms. The second-order valence-corrected chi connectivity index (χ2v) is 7.99. The second-order valence-electron chi connectivity index (χ2n) is 7.99. The van der Waals surface area contributed by atoms with E-state index in [-0.39, 0.29) is 12.5 Å². The first-order valence-corrected chi connectivity index (χ1v) is 8.91. The van der Waals surface area contributed by atoms with E-state index in [0.29, 0.717) is 0 Å². The molecule has 0 bridgehead atoms. The zero-order chi connectivity index (χ0) is 21.8. The Kier molecular flexibility index (Phi) is 12.9. The molecule has 0 aromatic carbocycles. The number of ether oxygens (including phenoxy) is 1. The van der Waals surface area contributed by atoms with Crippen molar-refractivity contribution in [2.45, 2.75) is 67.0 Å². The molecule has 0 aromatic rings. The molecule has 0 aliphatic carbocycles. The summed E-state index contributed by atoms with van der Waals surface area (Å²) < 4.78 is 4.98. The summed E-state index contributed by atoms with van der Waals surface area (Å²) in [5.41, 5.74) is -0.683. The van der Waals surface area contributed by atoms with Gasteiger partial charge in [0.1, 0.15) is 24.7 Å². The van der Waals surface area contributed by atoms with Gasteiger partial charge in [0, 0.05) is 0 Å². The number of carboxylic acids is 1.